The molecule has 1 aromatic carbocycles. The van der Waals surface area contributed by atoms with Crippen LogP contribution in [0.25, 0.3) is 0 Å². The number of hydrogen-bond acceptors (Lipinski definition) is 2. The van der Waals surface area contributed by atoms with Crippen molar-refractivity contribution in [2.75, 3.05) is 18.4 Å². The smallest absolute Gasteiger partial charge is 0.228 e. The summed E-state index contributed by atoms with van der Waals surface area (Å²) in [6.45, 7) is 1.66. The molecule has 0 aromatic heterocycles. The Balaban J connectivity index is 2.04. The maximum Gasteiger partial charge on any atom is 0.228 e. The van der Waals surface area contributed by atoms with E-state index in [0.29, 0.717) is 16.7 Å². The topological polar surface area (TPSA) is 41.1 Å². The van der Waals surface area contributed by atoms with E-state index < -0.39 is 0 Å². The largest absolute Gasteiger partial charge is 0.325 e. The SMILES string of the molecule is O=C(Nc1cc(F)ccc1Br)[C@H]1CCCNC1. The lowest BCUT2D eigenvalue weighted by Crippen LogP contribution is -2.37. The van der Waals surface area contributed by atoms with Crippen LogP contribution in [-0.2, 0) is 4.79 Å². The lowest BCUT2D eigenvalue weighted by molar-refractivity contribution is -0.120. The van der Waals surface area contributed by atoms with E-state index in [1.54, 1.807) is 6.07 Å². The van der Waals surface area contributed by atoms with E-state index in [1.165, 1.54) is 12.1 Å². The normalized spacial score (nSPS) is 20.0. The van der Waals surface area contributed by atoms with E-state index in [2.05, 4.69) is 26.6 Å². The van der Waals surface area contributed by atoms with Gasteiger partial charge in [0.2, 0.25) is 5.91 Å². The van der Waals surface area contributed by atoms with Crippen LogP contribution in [0.5, 0.6) is 0 Å². The van der Waals surface area contributed by atoms with Crippen LogP contribution < -0.4 is 10.6 Å². The fourth-order valence-corrected chi connectivity index (χ4v) is 2.25. The fraction of sp³-hybridized carbons (Fsp3) is 0.417. The second-order valence-corrected chi connectivity index (χ2v) is 5.01. The van der Waals surface area contributed by atoms with E-state index >= 15 is 0 Å². The molecule has 3 nitrogen and oxygen atoms in total. The van der Waals surface area contributed by atoms with E-state index in [4.69, 9.17) is 0 Å². The minimum absolute atomic E-state index is 0.0288. The molecule has 17 heavy (non-hydrogen) atoms. The minimum Gasteiger partial charge on any atom is -0.325 e. The molecule has 1 amide bonds. The summed E-state index contributed by atoms with van der Waals surface area (Å²) in [5.41, 5.74) is 0.487. The molecule has 1 aromatic rings. The van der Waals surface area contributed by atoms with Crippen LogP contribution in [0, 0.1) is 11.7 Å². The summed E-state index contributed by atoms with van der Waals surface area (Å²) in [6.07, 6.45) is 1.88. The van der Waals surface area contributed by atoms with Gasteiger partial charge in [0.1, 0.15) is 5.82 Å². The van der Waals surface area contributed by atoms with Crippen molar-refractivity contribution >= 4 is 27.5 Å². The van der Waals surface area contributed by atoms with Crippen molar-refractivity contribution in [2.45, 2.75) is 12.8 Å². The summed E-state index contributed by atoms with van der Waals surface area (Å²) in [7, 11) is 0. The molecule has 0 bridgehead atoms. The van der Waals surface area contributed by atoms with Gasteiger partial charge in [-0.1, -0.05) is 0 Å². The zero-order chi connectivity index (χ0) is 12.3. The van der Waals surface area contributed by atoms with Crippen molar-refractivity contribution in [3.05, 3.63) is 28.5 Å². The van der Waals surface area contributed by atoms with Crippen LogP contribution in [0.4, 0.5) is 10.1 Å². The van der Waals surface area contributed by atoms with Crippen molar-refractivity contribution in [2.24, 2.45) is 5.92 Å². The predicted molar refractivity (Wildman–Crippen MR) is 68.3 cm³/mol. The summed E-state index contributed by atoms with van der Waals surface area (Å²) in [5.74, 6) is -0.437. The van der Waals surface area contributed by atoms with E-state index in [1.807, 2.05) is 0 Å². The fourth-order valence-electron chi connectivity index (χ4n) is 1.90. The molecule has 0 spiro atoms. The van der Waals surface area contributed by atoms with Gasteiger partial charge >= 0.3 is 0 Å². The molecule has 1 aliphatic rings. The number of amides is 1. The Morgan fingerprint density at radius 3 is 3.06 bits per heavy atom. The molecule has 0 saturated carbocycles. The minimum atomic E-state index is -0.356. The monoisotopic (exact) mass is 300 g/mol. The van der Waals surface area contributed by atoms with E-state index in [9.17, 15) is 9.18 Å². The molecule has 1 heterocycles. The average molecular weight is 301 g/mol. The van der Waals surface area contributed by atoms with Gasteiger partial charge in [0.05, 0.1) is 11.6 Å². The van der Waals surface area contributed by atoms with Crippen LogP contribution in [0.2, 0.25) is 0 Å². The summed E-state index contributed by atoms with van der Waals surface area (Å²) in [5, 5.41) is 5.94. The Morgan fingerprint density at radius 1 is 1.53 bits per heavy atom. The van der Waals surface area contributed by atoms with Crippen molar-refractivity contribution < 1.29 is 9.18 Å². The average Bonchev–Trinajstić information content (AvgIpc) is 2.35. The summed E-state index contributed by atoms with van der Waals surface area (Å²) >= 11 is 3.29. The molecule has 1 fully saturated rings. The third kappa shape index (κ3) is 3.26. The van der Waals surface area contributed by atoms with Crippen LogP contribution in [-0.4, -0.2) is 19.0 Å². The summed E-state index contributed by atoms with van der Waals surface area (Å²) in [4.78, 5) is 11.9. The Hall–Kier alpha value is -0.940. The van der Waals surface area contributed by atoms with Gasteiger partial charge in [-0.3, -0.25) is 4.79 Å². The number of piperidine rings is 1. The molecule has 0 unspecified atom stereocenters. The first-order chi connectivity index (χ1) is 8.16. The van der Waals surface area contributed by atoms with Crippen LogP contribution in [0.1, 0.15) is 12.8 Å². The van der Waals surface area contributed by atoms with Crippen LogP contribution in [0.15, 0.2) is 22.7 Å². The molecule has 2 N–H and O–H groups in total. The lowest BCUT2D eigenvalue weighted by Gasteiger charge is -2.22. The Morgan fingerprint density at radius 2 is 2.35 bits per heavy atom. The van der Waals surface area contributed by atoms with Gasteiger partial charge in [0, 0.05) is 11.0 Å². The molecule has 2 rings (SSSR count). The van der Waals surface area contributed by atoms with E-state index in [-0.39, 0.29) is 17.6 Å². The van der Waals surface area contributed by atoms with Crippen molar-refractivity contribution in [3.8, 4) is 0 Å². The molecule has 0 radical (unpaired) electrons. The van der Waals surface area contributed by atoms with Gasteiger partial charge in [-0.15, -0.1) is 0 Å². The second kappa shape index (κ2) is 5.60. The zero-order valence-corrected chi connectivity index (χ0v) is 10.9. The van der Waals surface area contributed by atoms with Crippen LogP contribution >= 0.6 is 15.9 Å². The molecule has 1 atom stereocenters. The first-order valence-electron chi connectivity index (χ1n) is 5.63. The maximum absolute atomic E-state index is 13.1. The first kappa shape index (κ1) is 12.5. The predicted octanol–water partition coefficient (Wildman–Crippen LogP) is 2.53. The summed E-state index contributed by atoms with van der Waals surface area (Å²) < 4.78 is 13.7. The van der Waals surface area contributed by atoms with Crippen molar-refractivity contribution in [3.63, 3.8) is 0 Å². The third-order valence-electron chi connectivity index (χ3n) is 2.85. The molecular weight excluding hydrogens is 287 g/mol. The Bertz CT molecular complexity index is 419. The van der Waals surface area contributed by atoms with Gasteiger partial charge in [-0.25, -0.2) is 4.39 Å². The molecule has 1 saturated heterocycles. The molecule has 5 heteroatoms. The highest BCUT2D eigenvalue weighted by Crippen LogP contribution is 2.24. The second-order valence-electron chi connectivity index (χ2n) is 4.16. The van der Waals surface area contributed by atoms with Gasteiger partial charge in [-0.05, 0) is 53.5 Å². The van der Waals surface area contributed by atoms with Crippen molar-refractivity contribution in [1.82, 2.24) is 5.32 Å². The summed E-state index contributed by atoms with van der Waals surface area (Å²) in [6, 6.07) is 4.25. The third-order valence-corrected chi connectivity index (χ3v) is 3.55. The Kier molecular flexibility index (Phi) is 4.12. The first-order valence-corrected chi connectivity index (χ1v) is 6.43. The molecule has 1 aliphatic heterocycles. The maximum atomic E-state index is 13.1. The number of anilines is 1. The number of carbonyl (C=O) groups is 1. The number of benzene rings is 1. The lowest BCUT2D eigenvalue weighted by atomic mass is 9.99. The molecule has 0 aliphatic carbocycles. The van der Waals surface area contributed by atoms with Crippen molar-refractivity contribution in [1.29, 1.82) is 0 Å². The number of hydrogen-bond donors (Lipinski definition) is 2. The van der Waals surface area contributed by atoms with E-state index in [0.717, 1.165) is 19.4 Å². The quantitative estimate of drug-likeness (QED) is 0.881. The Labute approximate surface area is 108 Å². The van der Waals surface area contributed by atoms with Crippen LogP contribution in [0.3, 0.4) is 0 Å². The number of rotatable bonds is 2. The van der Waals surface area contributed by atoms with Gasteiger partial charge in [-0.2, -0.15) is 0 Å². The van der Waals surface area contributed by atoms with Gasteiger partial charge in [0.25, 0.3) is 0 Å². The molecule has 92 valence electrons. The number of nitrogens with one attached hydrogen (secondary N) is 2. The van der Waals surface area contributed by atoms with Gasteiger partial charge in [0.15, 0.2) is 0 Å². The number of carbonyl (C=O) groups excluding carboxylic acids is 1. The number of halogens is 2. The molecular formula is C12H14BrFN2O. The zero-order valence-electron chi connectivity index (χ0n) is 9.30. The standard InChI is InChI=1S/C12H14BrFN2O/c13-10-4-3-9(14)6-11(10)16-12(17)8-2-1-5-15-7-8/h3-4,6,8,15H,1-2,5,7H2,(H,16,17)/t8-/m0/s1. The van der Waals surface area contributed by atoms with Gasteiger partial charge < -0.3 is 10.6 Å². The highest BCUT2D eigenvalue weighted by atomic mass is 79.9. The highest BCUT2D eigenvalue weighted by Gasteiger charge is 2.21. The highest BCUT2D eigenvalue weighted by molar-refractivity contribution is 9.10.